The Morgan fingerprint density at radius 3 is 2.93 bits per heavy atom. The van der Waals surface area contributed by atoms with E-state index in [1.54, 1.807) is 29.4 Å². The summed E-state index contributed by atoms with van der Waals surface area (Å²) in [4.78, 5) is 27.0. The average Bonchev–Trinajstić information content (AvgIpc) is 3.36. The summed E-state index contributed by atoms with van der Waals surface area (Å²) in [6.07, 6.45) is 5.26. The number of hydrogen-bond acceptors (Lipinski definition) is 6. The topological polar surface area (TPSA) is 82.4 Å². The van der Waals surface area contributed by atoms with Crippen molar-refractivity contribution in [3.05, 3.63) is 44.5 Å². The monoisotopic (exact) mass is 443 g/mol. The van der Waals surface area contributed by atoms with E-state index < -0.39 is 0 Å². The predicted octanol–water partition coefficient (Wildman–Crippen LogP) is 4.91. The Hall–Kier alpha value is -2.63. The summed E-state index contributed by atoms with van der Waals surface area (Å²) in [5, 5.41) is 17.0. The van der Waals surface area contributed by atoms with Gasteiger partial charge in [0.2, 0.25) is 5.91 Å². The molecule has 2 amide bonds. The number of fused-ring (bicyclic) bond motifs is 1. The average molecular weight is 444 g/mol. The number of anilines is 1. The van der Waals surface area contributed by atoms with E-state index in [0.29, 0.717) is 17.2 Å². The number of ether oxygens (including phenoxy) is 1. The molecule has 30 heavy (non-hydrogen) atoms. The van der Waals surface area contributed by atoms with Gasteiger partial charge >= 0.3 is 6.09 Å². The molecule has 158 valence electrons. The molecule has 8 heteroatoms. The quantitative estimate of drug-likeness (QED) is 0.643. The molecule has 0 radical (unpaired) electrons. The van der Waals surface area contributed by atoms with Crippen molar-refractivity contribution in [3.63, 3.8) is 0 Å². The highest BCUT2D eigenvalue weighted by atomic mass is 32.1. The van der Waals surface area contributed by atoms with Gasteiger partial charge in [-0.25, -0.2) is 4.79 Å². The van der Waals surface area contributed by atoms with Crippen LogP contribution in [0.1, 0.15) is 41.8 Å². The third-order valence-electron chi connectivity index (χ3n) is 5.19. The van der Waals surface area contributed by atoms with Crippen LogP contribution < -0.4 is 5.32 Å². The van der Waals surface area contributed by atoms with Crippen molar-refractivity contribution in [2.45, 2.75) is 39.2 Å². The molecule has 0 fully saturated rings. The van der Waals surface area contributed by atoms with Crippen molar-refractivity contribution in [1.82, 2.24) is 4.90 Å². The maximum atomic E-state index is 12.3. The van der Waals surface area contributed by atoms with Crippen LogP contribution in [-0.4, -0.2) is 36.6 Å². The van der Waals surface area contributed by atoms with Gasteiger partial charge in [0.05, 0.1) is 12.2 Å². The maximum absolute atomic E-state index is 12.3. The van der Waals surface area contributed by atoms with Crippen LogP contribution in [0.3, 0.4) is 0 Å². The maximum Gasteiger partial charge on any atom is 0.409 e. The minimum absolute atomic E-state index is 0.0888. The Morgan fingerprint density at radius 2 is 2.27 bits per heavy atom. The Morgan fingerprint density at radius 1 is 1.47 bits per heavy atom. The van der Waals surface area contributed by atoms with E-state index in [4.69, 9.17) is 4.74 Å². The normalized spacial score (nSPS) is 15.6. The van der Waals surface area contributed by atoms with E-state index in [9.17, 15) is 14.9 Å². The number of carbonyl (C=O) groups is 2. The highest BCUT2D eigenvalue weighted by Gasteiger charge is 2.27. The molecule has 0 saturated carbocycles. The van der Waals surface area contributed by atoms with Gasteiger partial charge < -0.3 is 15.0 Å². The number of nitrogens with one attached hydrogen (secondary N) is 1. The molecular weight excluding hydrogens is 418 g/mol. The minimum Gasteiger partial charge on any atom is -0.449 e. The Balaban J connectivity index is 1.63. The van der Waals surface area contributed by atoms with Crippen LogP contribution in [0.5, 0.6) is 0 Å². The van der Waals surface area contributed by atoms with Crippen LogP contribution in [0, 0.1) is 17.2 Å². The summed E-state index contributed by atoms with van der Waals surface area (Å²) < 4.78 is 5.46. The first-order valence-electron chi connectivity index (χ1n) is 9.84. The van der Waals surface area contributed by atoms with E-state index in [0.717, 1.165) is 35.3 Å². The first-order valence-corrected chi connectivity index (χ1v) is 11.6. The van der Waals surface area contributed by atoms with Crippen LogP contribution in [-0.2, 0) is 22.4 Å². The first kappa shape index (κ1) is 22.1. The van der Waals surface area contributed by atoms with Gasteiger partial charge in [-0.3, -0.25) is 4.79 Å². The van der Waals surface area contributed by atoms with E-state index in [1.165, 1.54) is 17.4 Å². The molecule has 2 heterocycles. The lowest BCUT2D eigenvalue weighted by atomic mass is 9.88. The van der Waals surface area contributed by atoms with Crippen LogP contribution >= 0.6 is 22.7 Å². The number of hydrogen-bond donors (Lipinski definition) is 1. The van der Waals surface area contributed by atoms with Gasteiger partial charge in [0.25, 0.3) is 0 Å². The second kappa shape index (κ2) is 9.92. The zero-order valence-corrected chi connectivity index (χ0v) is 18.9. The van der Waals surface area contributed by atoms with Crippen molar-refractivity contribution in [3.8, 4) is 6.07 Å². The molecule has 1 atom stereocenters. The van der Waals surface area contributed by atoms with E-state index in [-0.39, 0.29) is 24.0 Å². The van der Waals surface area contributed by atoms with Crippen molar-refractivity contribution >= 4 is 45.8 Å². The van der Waals surface area contributed by atoms with Crippen LogP contribution in [0.15, 0.2) is 22.9 Å². The summed E-state index contributed by atoms with van der Waals surface area (Å²) in [5.74, 6) is -0.0345. The molecule has 0 bridgehead atoms. The second-order valence-electron chi connectivity index (χ2n) is 7.59. The standard InChI is InChI=1S/C22H25N3O3S2/c1-14(2)25(3)22(27)28-12-16-4-6-17-18(11-23)21(30-19(17)10-16)24-20(26)7-5-15-8-9-29-13-15/h5,7-9,13-14,16H,4,6,10,12H2,1-3H3,(H,24,26)/b7-5+. The zero-order chi connectivity index (χ0) is 21.7. The summed E-state index contributed by atoms with van der Waals surface area (Å²) in [5.41, 5.74) is 2.55. The van der Waals surface area contributed by atoms with E-state index in [2.05, 4.69) is 11.4 Å². The molecule has 1 aliphatic carbocycles. The van der Waals surface area contributed by atoms with Gasteiger partial charge in [-0.2, -0.15) is 16.6 Å². The third kappa shape index (κ3) is 5.29. The molecule has 3 rings (SSSR count). The smallest absolute Gasteiger partial charge is 0.409 e. The lowest BCUT2D eigenvalue weighted by Gasteiger charge is -2.25. The summed E-state index contributed by atoms with van der Waals surface area (Å²) in [6, 6.07) is 4.28. The fourth-order valence-corrected chi connectivity index (χ4v) is 5.14. The Bertz CT molecular complexity index is 971. The van der Waals surface area contributed by atoms with Gasteiger partial charge in [-0.15, -0.1) is 11.3 Å². The zero-order valence-electron chi connectivity index (χ0n) is 17.3. The molecular formula is C22H25N3O3S2. The largest absolute Gasteiger partial charge is 0.449 e. The molecule has 1 N–H and O–H groups in total. The molecule has 2 aromatic rings. The molecule has 0 spiro atoms. The number of amides is 2. The van der Waals surface area contributed by atoms with Gasteiger partial charge in [-0.05, 0) is 73.1 Å². The van der Waals surface area contributed by atoms with Crippen LogP contribution in [0.2, 0.25) is 0 Å². The van der Waals surface area contributed by atoms with Crippen molar-refractivity contribution in [2.75, 3.05) is 19.0 Å². The number of thiophene rings is 2. The molecule has 1 aliphatic rings. The fraction of sp³-hybridized carbons (Fsp3) is 0.409. The Kier molecular flexibility index (Phi) is 7.29. The second-order valence-corrected chi connectivity index (χ2v) is 9.47. The minimum atomic E-state index is -0.315. The molecule has 1 unspecified atom stereocenters. The molecule has 6 nitrogen and oxygen atoms in total. The summed E-state index contributed by atoms with van der Waals surface area (Å²) in [7, 11) is 1.73. The van der Waals surface area contributed by atoms with E-state index in [1.807, 2.05) is 30.7 Å². The van der Waals surface area contributed by atoms with Gasteiger partial charge in [0.1, 0.15) is 11.1 Å². The van der Waals surface area contributed by atoms with E-state index >= 15 is 0 Å². The fourth-order valence-electron chi connectivity index (χ4n) is 3.20. The van der Waals surface area contributed by atoms with Crippen molar-refractivity contribution < 1.29 is 14.3 Å². The lowest BCUT2D eigenvalue weighted by Crippen LogP contribution is -2.35. The molecule has 2 aromatic heterocycles. The SMILES string of the molecule is CC(C)N(C)C(=O)OCC1CCc2c(sc(NC(=O)/C=C/c3ccsc3)c2C#N)C1. The third-order valence-corrected chi connectivity index (χ3v) is 7.06. The number of carbonyl (C=O) groups excluding carboxylic acids is 2. The molecule has 0 aliphatic heterocycles. The van der Waals surface area contributed by atoms with Gasteiger partial charge in [0.15, 0.2) is 0 Å². The molecule has 0 aromatic carbocycles. The number of rotatable bonds is 6. The number of nitriles is 1. The molecule has 0 saturated heterocycles. The van der Waals surface area contributed by atoms with Crippen molar-refractivity contribution in [2.24, 2.45) is 5.92 Å². The van der Waals surface area contributed by atoms with Crippen molar-refractivity contribution in [1.29, 1.82) is 5.26 Å². The predicted molar refractivity (Wildman–Crippen MR) is 121 cm³/mol. The highest BCUT2D eigenvalue weighted by Crippen LogP contribution is 2.39. The van der Waals surface area contributed by atoms with Crippen LogP contribution in [0.4, 0.5) is 9.80 Å². The summed E-state index contributed by atoms with van der Waals surface area (Å²) in [6.45, 7) is 4.24. The summed E-state index contributed by atoms with van der Waals surface area (Å²) >= 11 is 3.02. The Labute approximate surface area is 184 Å². The first-order chi connectivity index (χ1) is 14.4. The number of nitrogens with zero attached hydrogens (tertiary/aromatic N) is 2. The van der Waals surface area contributed by atoms with Crippen LogP contribution in [0.25, 0.3) is 6.08 Å². The van der Waals surface area contributed by atoms with Gasteiger partial charge in [-0.1, -0.05) is 0 Å². The van der Waals surface area contributed by atoms with Gasteiger partial charge in [0, 0.05) is 24.0 Å². The lowest BCUT2D eigenvalue weighted by molar-refractivity contribution is -0.111. The highest BCUT2D eigenvalue weighted by molar-refractivity contribution is 7.16.